The summed E-state index contributed by atoms with van der Waals surface area (Å²) in [4.78, 5) is 27.7. The van der Waals surface area contributed by atoms with Gasteiger partial charge >= 0.3 is 5.97 Å². The van der Waals surface area contributed by atoms with Gasteiger partial charge in [0, 0.05) is 47.2 Å². The number of amides is 1. The number of hydrazone groups is 1. The molecule has 0 unspecified atom stereocenters. The van der Waals surface area contributed by atoms with Crippen molar-refractivity contribution in [2.45, 2.75) is 39.5 Å². The SMILES string of the molecule is Cc1cc(C=NNC(=O)c2cccc(N(C)C)c2)c(C)n1-c1sc2c(c1C(=O)O)CCCC2. The molecule has 4 rings (SSSR count). The zero-order chi connectivity index (χ0) is 23.7. The molecule has 172 valence electrons. The Morgan fingerprint density at radius 3 is 2.67 bits per heavy atom. The highest BCUT2D eigenvalue weighted by molar-refractivity contribution is 7.15. The van der Waals surface area contributed by atoms with Gasteiger partial charge in [-0.15, -0.1) is 11.3 Å². The Bertz CT molecular complexity index is 1250. The lowest BCUT2D eigenvalue weighted by Gasteiger charge is -2.12. The maximum absolute atomic E-state index is 12.5. The van der Waals surface area contributed by atoms with E-state index in [1.807, 2.05) is 61.7 Å². The maximum atomic E-state index is 12.5. The number of hydrogen-bond acceptors (Lipinski definition) is 5. The van der Waals surface area contributed by atoms with Crippen LogP contribution in [0.4, 0.5) is 5.69 Å². The summed E-state index contributed by atoms with van der Waals surface area (Å²) in [5.74, 6) is -1.16. The van der Waals surface area contributed by atoms with Crippen molar-refractivity contribution in [2.24, 2.45) is 5.10 Å². The van der Waals surface area contributed by atoms with Crippen LogP contribution in [-0.4, -0.2) is 41.9 Å². The van der Waals surface area contributed by atoms with Gasteiger partial charge in [-0.05, 0) is 69.4 Å². The molecule has 0 spiro atoms. The number of anilines is 1. The average molecular weight is 465 g/mol. The highest BCUT2D eigenvalue weighted by atomic mass is 32.1. The monoisotopic (exact) mass is 464 g/mol. The van der Waals surface area contributed by atoms with E-state index in [1.54, 1.807) is 23.6 Å². The molecule has 0 saturated carbocycles. The summed E-state index contributed by atoms with van der Waals surface area (Å²) < 4.78 is 2.00. The van der Waals surface area contributed by atoms with E-state index in [9.17, 15) is 14.7 Å². The van der Waals surface area contributed by atoms with E-state index < -0.39 is 5.97 Å². The van der Waals surface area contributed by atoms with Gasteiger partial charge in [0.05, 0.1) is 11.8 Å². The summed E-state index contributed by atoms with van der Waals surface area (Å²) in [6.45, 7) is 3.90. The smallest absolute Gasteiger partial charge is 0.339 e. The molecule has 0 atom stereocenters. The number of fused-ring (bicyclic) bond motifs is 1. The molecule has 1 amide bonds. The molecule has 0 bridgehead atoms. The molecule has 7 nitrogen and oxygen atoms in total. The number of carboxylic acid groups (broad SMARTS) is 1. The Labute approximate surface area is 197 Å². The van der Waals surface area contributed by atoms with Crippen molar-refractivity contribution in [3.63, 3.8) is 0 Å². The van der Waals surface area contributed by atoms with Crippen molar-refractivity contribution >= 4 is 35.1 Å². The van der Waals surface area contributed by atoms with Crippen molar-refractivity contribution in [2.75, 3.05) is 19.0 Å². The predicted molar refractivity (Wildman–Crippen MR) is 133 cm³/mol. The zero-order valence-electron chi connectivity index (χ0n) is 19.3. The van der Waals surface area contributed by atoms with Gasteiger partial charge in [-0.2, -0.15) is 5.10 Å². The van der Waals surface area contributed by atoms with Crippen LogP contribution >= 0.6 is 11.3 Å². The number of aromatic carboxylic acids is 1. The van der Waals surface area contributed by atoms with Crippen LogP contribution < -0.4 is 10.3 Å². The normalized spacial score (nSPS) is 13.2. The predicted octanol–water partition coefficient (Wildman–Crippen LogP) is 4.56. The lowest BCUT2D eigenvalue weighted by molar-refractivity contribution is 0.0695. The zero-order valence-corrected chi connectivity index (χ0v) is 20.1. The molecule has 0 fully saturated rings. The van der Waals surface area contributed by atoms with E-state index in [0.717, 1.165) is 58.9 Å². The fourth-order valence-electron chi connectivity index (χ4n) is 4.31. The Kier molecular flexibility index (Phi) is 6.37. The standard InChI is InChI=1S/C25H28N4O3S/c1-15-12-18(14-26-27-23(30)17-8-7-9-19(13-17)28(3)4)16(2)29(15)24-22(25(31)32)20-10-5-6-11-21(20)33-24/h7-9,12-14H,5-6,10-11H2,1-4H3,(H,27,30)(H,31,32). The summed E-state index contributed by atoms with van der Waals surface area (Å²) in [5.41, 5.74) is 8.12. The number of benzene rings is 1. The van der Waals surface area contributed by atoms with Gasteiger partial charge in [-0.1, -0.05) is 6.07 Å². The van der Waals surface area contributed by atoms with E-state index in [4.69, 9.17) is 0 Å². The fourth-order valence-corrected chi connectivity index (χ4v) is 5.80. The van der Waals surface area contributed by atoms with Gasteiger partial charge in [0.1, 0.15) is 5.00 Å². The summed E-state index contributed by atoms with van der Waals surface area (Å²) in [6.07, 6.45) is 5.50. The Hall–Kier alpha value is -3.39. The van der Waals surface area contributed by atoms with Crippen LogP contribution in [0.3, 0.4) is 0 Å². The minimum absolute atomic E-state index is 0.289. The van der Waals surface area contributed by atoms with Crippen LogP contribution in [0.15, 0.2) is 35.4 Å². The number of carbonyl (C=O) groups excluding carboxylic acids is 1. The molecule has 1 aliphatic carbocycles. The summed E-state index contributed by atoms with van der Waals surface area (Å²) in [6, 6.07) is 9.28. The molecule has 1 aromatic carbocycles. The van der Waals surface area contributed by atoms with E-state index in [2.05, 4.69) is 10.5 Å². The number of aryl methyl sites for hydroxylation is 2. The number of rotatable bonds is 6. The van der Waals surface area contributed by atoms with Crippen LogP contribution in [-0.2, 0) is 12.8 Å². The fraction of sp³-hybridized carbons (Fsp3) is 0.320. The summed E-state index contributed by atoms with van der Waals surface area (Å²) in [7, 11) is 3.84. The second-order valence-electron chi connectivity index (χ2n) is 8.50. The number of nitrogens with one attached hydrogen (secondary N) is 1. The quantitative estimate of drug-likeness (QED) is 0.414. The van der Waals surface area contributed by atoms with E-state index in [1.165, 1.54) is 4.88 Å². The van der Waals surface area contributed by atoms with Crippen molar-refractivity contribution < 1.29 is 14.7 Å². The Balaban J connectivity index is 1.60. The average Bonchev–Trinajstić information content (AvgIpc) is 3.30. The molecule has 0 aliphatic heterocycles. The first-order valence-corrected chi connectivity index (χ1v) is 11.8. The maximum Gasteiger partial charge on any atom is 0.339 e. The van der Waals surface area contributed by atoms with Crippen molar-refractivity contribution in [1.29, 1.82) is 0 Å². The minimum Gasteiger partial charge on any atom is -0.478 e. The Morgan fingerprint density at radius 1 is 1.18 bits per heavy atom. The van der Waals surface area contributed by atoms with E-state index in [-0.39, 0.29) is 5.91 Å². The van der Waals surface area contributed by atoms with Gasteiger partial charge in [0.15, 0.2) is 0 Å². The summed E-state index contributed by atoms with van der Waals surface area (Å²) >= 11 is 1.58. The number of hydrogen-bond donors (Lipinski definition) is 2. The van der Waals surface area contributed by atoms with Gasteiger partial charge in [0.2, 0.25) is 0 Å². The van der Waals surface area contributed by atoms with Gasteiger partial charge in [-0.25, -0.2) is 10.2 Å². The minimum atomic E-state index is -0.876. The number of aromatic nitrogens is 1. The van der Waals surface area contributed by atoms with Crippen LogP contribution in [0.1, 0.15) is 60.9 Å². The lowest BCUT2D eigenvalue weighted by Crippen LogP contribution is -2.18. The van der Waals surface area contributed by atoms with Crippen molar-refractivity contribution in [3.05, 3.63) is 68.9 Å². The van der Waals surface area contributed by atoms with Crippen LogP contribution in [0.25, 0.3) is 5.00 Å². The Morgan fingerprint density at radius 2 is 1.94 bits per heavy atom. The van der Waals surface area contributed by atoms with Crippen molar-refractivity contribution in [3.8, 4) is 5.00 Å². The number of carbonyl (C=O) groups is 2. The van der Waals surface area contributed by atoms with E-state index in [0.29, 0.717) is 11.1 Å². The molecule has 2 heterocycles. The molecule has 8 heteroatoms. The van der Waals surface area contributed by atoms with Gasteiger partial charge in [0.25, 0.3) is 5.91 Å². The number of nitrogens with zero attached hydrogens (tertiary/aromatic N) is 3. The van der Waals surface area contributed by atoms with Crippen LogP contribution in [0.5, 0.6) is 0 Å². The number of carboxylic acids is 1. The van der Waals surface area contributed by atoms with Gasteiger partial charge in [-0.3, -0.25) is 4.79 Å². The molecule has 2 aromatic heterocycles. The molecule has 3 aromatic rings. The second-order valence-corrected chi connectivity index (χ2v) is 9.59. The first kappa shape index (κ1) is 22.8. The topological polar surface area (TPSA) is 86.9 Å². The largest absolute Gasteiger partial charge is 0.478 e. The lowest BCUT2D eigenvalue weighted by atomic mass is 9.95. The molecule has 33 heavy (non-hydrogen) atoms. The number of thiophene rings is 1. The molecule has 1 aliphatic rings. The third-order valence-electron chi connectivity index (χ3n) is 6.03. The summed E-state index contributed by atoms with van der Waals surface area (Å²) in [5, 5.41) is 14.9. The molecular weight excluding hydrogens is 436 g/mol. The second kappa shape index (κ2) is 9.23. The van der Waals surface area contributed by atoms with Gasteiger partial charge < -0.3 is 14.6 Å². The third-order valence-corrected chi connectivity index (χ3v) is 7.31. The molecular formula is C25H28N4O3S. The molecule has 2 N–H and O–H groups in total. The van der Waals surface area contributed by atoms with E-state index >= 15 is 0 Å². The van der Waals surface area contributed by atoms with Crippen molar-refractivity contribution in [1.82, 2.24) is 9.99 Å². The highest BCUT2D eigenvalue weighted by Crippen LogP contribution is 2.38. The first-order chi connectivity index (χ1) is 15.8. The molecule has 0 radical (unpaired) electrons. The highest BCUT2D eigenvalue weighted by Gasteiger charge is 2.27. The van der Waals surface area contributed by atoms with Crippen LogP contribution in [0.2, 0.25) is 0 Å². The first-order valence-electron chi connectivity index (χ1n) is 11.0. The molecule has 0 saturated heterocycles. The third kappa shape index (κ3) is 4.43. The van der Waals surface area contributed by atoms with Crippen LogP contribution in [0, 0.1) is 13.8 Å².